The summed E-state index contributed by atoms with van der Waals surface area (Å²) in [7, 11) is 0. The molecule has 2 N–H and O–H groups in total. The Morgan fingerprint density at radius 1 is 1.22 bits per heavy atom. The second kappa shape index (κ2) is 9.10. The minimum absolute atomic E-state index is 0.137. The van der Waals surface area contributed by atoms with Crippen LogP contribution in [-0.4, -0.2) is 40.8 Å². The van der Waals surface area contributed by atoms with Crippen LogP contribution in [0.1, 0.15) is 48.0 Å². The number of carbonyl (C=O) groups is 2. The van der Waals surface area contributed by atoms with Crippen molar-refractivity contribution in [1.29, 1.82) is 0 Å². The topological polar surface area (TPSA) is 74.3 Å². The van der Waals surface area contributed by atoms with Crippen LogP contribution in [0.5, 0.6) is 0 Å². The summed E-state index contributed by atoms with van der Waals surface area (Å²) in [6.07, 6.45) is 4.01. The van der Waals surface area contributed by atoms with E-state index in [1.165, 1.54) is 11.3 Å². The summed E-state index contributed by atoms with van der Waals surface area (Å²) in [4.78, 5) is 32.3. The first-order valence-corrected chi connectivity index (χ1v) is 10.3. The van der Waals surface area contributed by atoms with E-state index in [1.807, 2.05) is 37.3 Å². The molecule has 7 heteroatoms. The molecule has 144 valence electrons. The van der Waals surface area contributed by atoms with E-state index < -0.39 is 0 Å². The van der Waals surface area contributed by atoms with Gasteiger partial charge in [-0.1, -0.05) is 43.7 Å². The Bertz CT molecular complexity index is 789. The number of thiazole rings is 1. The normalized spacial score (nSPS) is 17.5. The third-order valence-electron chi connectivity index (χ3n) is 4.75. The minimum Gasteiger partial charge on any atom is -0.292 e. The Morgan fingerprint density at radius 3 is 2.74 bits per heavy atom. The third kappa shape index (κ3) is 4.73. The quantitative estimate of drug-likeness (QED) is 0.774. The summed E-state index contributed by atoms with van der Waals surface area (Å²) in [5.74, 6) is -0.458. The van der Waals surface area contributed by atoms with Crippen LogP contribution >= 0.6 is 11.3 Å². The van der Waals surface area contributed by atoms with Crippen LogP contribution in [0.2, 0.25) is 0 Å². The van der Waals surface area contributed by atoms with Gasteiger partial charge in [-0.15, -0.1) is 11.3 Å². The van der Waals surface area contributed by atoms with Gasteiger partial charge in [0.2, 0.25) is 0 Å². The van der Waals surface area contributed by atoms with Gasteiger partial charge in [0.25, 0.3) is 11.8 Å². The average molecular weight is 387 g/mol. The van der Waals surface area contributed by atoms with Gasteiger partial charge in [-0.05, 0) is 39.3 Å². The highest BCUT2D eigenvalue weighted by Gasteiger charge is 2.28. The zero-order valence-electron chi connectivity index (χ0n) is 15.8. The van der Waals surface area contributed by atoms with Crippen molar-refractivity contribution < 1.29 is 9.59 Å². The molecule has 0 saturated carbocycles. The van der Waals surface area contributed by atoms with Crippen LogP contribution in [0.4, 0.5) is 0 Å². The zero-order chi connectivity index (χ0) is 19.2. The lowest BCUT2D eigenvalue weighted by Gasteiger charge is -2.34. The lowest BCUT2D eigenvalue weighted by Crippen LogP contribution is -2.54. The maximum atomic E-state index is 12.6. The molecule has 0 radical (unpaired) electrons. The zero-order valence-corrected chi connectivity index (χ0v) is 16.6. The van der Waals surface area contributed by atoms with E-state index in [0.29, 0.717) is 10.6 Å². The molecule has 1 atom stereocenters. The molecule has 2 amide bonds. The van der Waals surface area contributed by atoms with Gasteiger partial charge in [0.15, 0.2) is 0 Å². The molecule has 6 nitrogen and oxygen atoms in total. The van der Waals surface area contributed by atoms with E-state index in [-0.39, 0.29) is 17.9 Å². The maximum absolute atomic E-state index is 12.6. The summed E-state index contributed by atoms with van der Waals surface area (Å²) >= 11 is 1.33. The second-order valence-electron chi connectivity index (χ2n) is 6.79. The molecule has 2 heterocycles. The van der Waals surface area contributed by atoms with Gasteiger partial charge < -0.3 is 0 Å². The fourth-order valence-corrected chi connectivity index (χ4v) is 4.38. The van der Waals surface area contributed by atoms with Gasteiger partial charge >= 0.3 is 0 Å². The summed E-state index contributed by atoms with van der Waals surface area (Å²) in [6, 6.07) is 9.60. The molecular formula is C20H26N4O2S. The molecular weight excluding hydrogens is 360 g/mol. The molecule has 1 unspecified atom stereocenters. The Labute approximate surface area is 164 Å². The highest BCUT2D eigenvalue weighted by atomic mass is 32.1. The van der Waals surface area contributed by atoms with Crippen molar-refractivity contribution in [3.63, 3.8) is 0 Å². The largest absolute Gasteiger partial charge is 0.292 e. The number of piperidine rings is 1. The van der Waals surface area contributed by atoms with Crippen molar-refractivity contribution in [2.45, 2.75) is 45.6 Å². The summed E-state index contributed by atoms with van der Waals surface area (Å²) < 4.78 is 0. The number of hydrogen-bond donors (Lipinski definition) is 2. The number of rotatable bonds is 5. The van der Waals surface area contributed by atoms with E-state index in [4.69, 9.17) is 0 Å². The minimum atomic E-state index is -0.321. The number of benzene rings is 1. The first-order chi connectivity index (χ1) is 13.1. The molecule has 0 bridgehead atoms. The van der Waals surface area contributed by atoms with Crippen LogP contribution < -0.4 is 10.9 Å². The summed E-state index contributed by atoms with van der Waals surface area (Å²) in [5.41, 5.74) is 6.82. The monoisotopic (exact) mass is 386 g/mol. The van der Waals surface area contributed by atoms with Crippen LogP contribution in [0.3, 0.4) is 0 Å². The van der Waals surface area contributed by atoms with Gasteiger partial charge in [0.1, 0.15) is 9.88 Å². The Morgan fingerprint density at radius 2 is 2.00 bits per heavy atom. The first kappa shape index (κ1) is 19.5. The molecule has 1 saturated heterocycles. The number of aryl methyl sites for hydroxylation is 1. The van der Waals surface area contributed by atoms with Crippen LogP contribution in [0.25, 0.3) is 10.6 Å². The van der Waals surface area contributed by atoms with Gasteiger partial charge in [-0.3, -0.25) is 25.3 Å². The summed E-state index contributed by atoms with van der Waals surface area (Å²) in [6.45, 7) is 5.76. The van der Waals surface area contributed by atoms with Crippen molar-refractivity contribution in [2.75, 3.05) is 13.1 Å². The Balaban J connectivity index is 1.62. The van der Waals surface area contributed by atoms with Gasteiger partial charge in [0.05, 0.1) is 11.7 Å². The number of carbonyl (C=O) groups excluding carboxylic acids is 2. The SMILES string of the molecule is CCCN1CCCCC1C(=O)NNC(=O)c1sc(-c2ccccc2)nc1C. The number of aromatic nitrogens is 1. The lowest BCUT2D eigenvalue weighted by atomic mass is 10.0. The van der Waals surface area contributed by atoms with E-state index >= 15 is 0 Å². The van der Waals surface area contributed by atoms with Crippen LogP contribution in [0.15, 0.2) is 30.3 Å². The molecule has 1 aromatic heterocycles. The Kier molecular flexibility index (Phi) is 6.58. The number of likely N-dealkylation sites (tertiary alicyclic amines) is 1. The Hall–Kier alpha value is -2.25. The van der Waals surface area contributed by atoms with Crippen molar-refractivity contribution in [2.24, 2.45) is 0 Å². The van der Waals surface area contributed by atoms with Gasteiger partial charge in [-0.25, -0.2) is 4.98 Å². The smallest absolute Gasteiger partial charge is 0.281 e. The highest BCUT2D eigenvalue weighted by Crippen LogP contribution is 2.27. The highest BCUT2D eigenvalue weighted by molar-refractivity contribution is 7.17. The fourth-order valence-electron chi connectivity index (χ4n) is 3.41. The number of nitrogens with one attached hydrogen (secondary N) is 2. The predicted molar refractivity (Wildman–Crippen MR) is 107 cm³/mol. The fraction of sp³-hybridized carbons (Fsp3) is 0.450. The van der Waals surface area contributed by atoms with Crippen molar-refractivity contribution in [3.8, 4) is 10.6 Å². The van der Waals surface area contributed by atoms with Crippen LogP contribution in [0, 0.1) is 6.92 Å². The average Bonchev–Trinajstić information content (AvgIpc) is 3.09. The molecule has 27 heavy (non-hydrogen) atoms. The standard InChI is InChI=1S/C20H26N4O2S/c1-3-12-24-13-8-7-11-16(24)18(25)22-23-19(26)17-14(2)21-20(27-17)15-9-5-4-6-10-15/h4-6,9-10,16H,3,7-8,11-13H2,1-2H3,(H,22,25)(H,23,26). The van der Waals surface area contributed by atoms with E-state index in [1.54, 1.807) is 0 Å². The molecule has 3 rings (SSSR count). The molecule has 2 aromatic rings. The number of hydrogen-bond acceptors (Lipinski definition) is 5. The molecule has 0 spiro atoms. The molecule has 1 aliphatic heterocycles. The maximum Gasteiger partial charge on any atom is 0.281 e. The van der Waals surface area contributed by atoms with E-state index in [9.17, 15) is 9.59 Å². The lowest BCUT2D eigenvalue weighted by molar-refractivity contribution is -0.128. The third-order valence-corrected chi connectivity index (χ3v) is 5.96. The molecule has 1 aromatic carbocycles. The second-order valence-corrected chi connectivity index (χ2v) is 7.79. The predicted octanol–water partition coefficient (Wildman–Crippen LogP) is 3.14. The van der Waals surface area contributed by atoms with E-state index in [2.05, 4.69) is 27.7 Å². The van der Waals surface area contributed by atoms with Crippen molar-refractivity contribution >= 4 is 23.2 Å². The van der Waals surface area contributed by atoms with Crippen molar-refractivity contribution in [1.82, 2.24) is 20.7 Å². The van der Waals surface area contributed by atoms with Crippen molar-refractivity contribution in [3.05, 3.63) is 40.9 Å². The number of nitrogens with zero attached hydrogens (tertiary/aromatic N) is 2. The van der Waals surface area contributed by atoms with Crippen LogP contribution in [-0.2, 0) is 4.79 Å². The molecule has 0 aliphatic carbocycles. The number of hydrazine groups is 1. The summed E-state index contributed by atoms with van der Waals surface area (Å²) in [5, 5.41) is 0.797. The number of amides is 2. The molecule has 1 fully saturated rings. The van der Waals surface area contributed by atoms with E-state index in [0.717, 1.165) is 49.3 Å². The van der Waals surface area contributed by atoms with Gasteiger partial charge in [-0.2, -0.15) is 0 Å². The van der Waals surface area contributed by atoms with Gasteiger partial charge in [0, 0.05) is 5.56 Å². The molecule has 1 aliphatic rings. The first-order valence-electron chi connectivity index (χ1n) is 9.47.